The highest BCUT2D eigenvalue weighted by Crippen LogP contribution is 2.00. The first kappa shape index (κ1) is 12.9. The summed E-state index contributed by atoms with van der Waals surface area (Å²) in [7, 11) is -2.00. The third kappa shape index (κ3) is 6.43. The van der Waals surface area contributed by atoms with E-state index in [9.17, 15) is 13.2 Å². The molecule has 0 aromatic rings. The van der Waals surface area contributed by atoms with E-state index in [2.05, 4.69) is 4.74 Å². The van der Waals surface area contributed by atoms with Crippen molar-refractivity contribution >= 4 is 15.8 Å². The van der Waals surface area contributed by atoms with Crippen LogP contribution in [0, 0.1) is 11.3 Å². The number of hydrogen-bond acceptors (Lipinski definition) is 5. The van der Waals surface area contributed by atoms with Crippen molar-refractivity contribution in [3.05, 3.63) is 0 Å². The Balaban J connectivity index is 3.85. The molecule has 6 heteroatoms. The van der Waals surface area contributed by atoms with Gasteiger partial charge in [0, 0.05) is 6.42 Å². The smallest absolute Gasteiger partial charge is 0.306 e. The zero-order valence-electron chi connectivity index (χ0n) is 8.02. The van der Waals surface area contributed by atoms with Crippen molar-refractivity contribution in [1.82, 2.24) is 0 Å². The highest BCUT2D eigenvalue weighted by atomic mass is 32.2. The lowest BCUT2D eigenvalue weighted by Crippen LogP contribution is -2.15. The van der Waals surface area contributed by atoms with Crippen molar-refractivity contribution in [2.45, 2.75) is 19.3 Å². The van der Waals surface area contributed by atoms with Gasteiger partial charge in [0.2, 0.25) is 0 Å². The SMILES string of the molecule is COC(=O)CCS(=O)(=O)CCCC#N. The Bertz CT molecular complexity index is 315. The molecule has 14 heavy (non-hydrogen) atoms. The second-order valence-corrected chi connectivity index (χ2v) is 5.04. The molecule has 0 saturated carbocycles. The van der Waals surface area contributed by atoms with Gasteiger partial charge in [-0.1, -0.05) is 0 Å². The van der Waals surface area contributed by atoms with E-state index in [1.165, 1.54) is 7.11 Å². The van der Waals surface area contributed by atoms with Crippen LogP contribution in [0.15, 0.2) is 0 Å². The topological polar surface area (TPSA) is 84.2 Å². The molecular formula is C8H13NO4S. The maximum Gasteiger partial charge on any atom is 0.306 e. The minimum atomic E-state index is -3.21. The lowest BCUT2D eigenvalue weighted by Gasteiger charge is -2.01. The molecule has 0 N–H and O–H groups in total. The molecule has 0 atom stereocenters. The first-order chi connectivity index (χ1) is 6.52. The molecule has 0 bridgehead atoms. The Morgan fingerprint density at radius 1 is 1.43 bits per heavy atom. The van der Waals surface area contributed by atoms with E-state index >= 15 is 0 Å². The highest BCUT2D eigenvalue weighted by molar-refractivity contribution is 7.91. The molecule has 0 saturated heterocycles. The molecule has 0 aliphatic rings. The number of nitrogens with zero attached hydrogens (tertiary/aromatic N) is 1. The van der Waals surface area contributed by atoms with Crippen molar-refractivity contribution in [1.29, 1.82) is 5.26 Å². The molecule has 0 unspecified atom stereocenters. The van der Waals surface area contributed by atoms with Gasteiger partial charge in [-0.15, -0.1) is 0 Å². The molecule has 0 fully saturated rings. The Morgan fingerprint density at radius 2 is 2.07 bits per heavy atom. The number of methoxy groups -OCH3 is 1. The normalized spacial score (nSPS) is 10.6. The number of sulfone groups is 1. The third-order valence-electron chi connectivity index (χ3n) is 1.59. The van der Waals surface area contributed by atoms with Crippen LogP contribution in [0.5, 0.6) is 0 Å². The summed E-state index contributed by atoms with van der Waals surface area (Å²) in [4.78, 5) is 10.6. The lowest BCUT2D eigenvalue weighted by molar-refractivity contribution is -0.140. The van der Waals surface area contributed by atoms with Gasteiger partial charge >= 0.3 is 5.97 Å². The minimum absolute atomic E-state index is 0.0441. The van der Waals surface area contributed by atoms with Crippen LogP contribution in [0.25, 0.3) is 0 Å². The number of nitriles is 1. The molecule has 5 nitrogen and oxygen atoms in total. The molecule has 0 spiro atoms. The quantitative estimate of drug-likeness (QED) is 0.473. The molecule has 80 valence electrons. The van der Waals surface area contributed by atoms with E-state index in [1.807, 2.05) is 6.07 Å². The van der Waals surface area contributed by atoms with Crippen molar-refractivity contribution in [3.63, 3.8) is 0 Å². The highest BCUT2D eigenvalue weighted by Gasteiger charge is 2.13. The Labute approximate surface area is 83.6 Å². The van der Waals surface area contributed by atoms with Crippen LogP contribution < -0.4 is 0 Å². The first-order valence-electron chi connectivity index (χ1n) is 4.16. The standard InChI is InChI=1S/C8H13NO4S/c1-13-8(10)4-7-14(11,12)6-3-2-5-9/h2-4,6-7H2,1H3. The summed E-state index contributed by atoms with van der Waals surface area (Å²) in [6.45, 7) is 0. The van der Waals surface area contributed by atoms with E-state index in [4.69, 9.17) is 5.26 Å². The summed E-state index contributed by atoms with van der Waals surface area (Å²) in [5, 5.41) is 8.20. The monoisotopic (exact) mass is 219 g/mol. The molecule has 0 aliphatic heterocycles. The van der Waals surface area contributed by atoms with Crippen LogP contribution in [0.3, 0.4) is 0 Å². The summed E-state index contributed by atoms with van der Waals surface area (Å²) < 4.78 is 26.7. The number of carbonyl (C=O) groups excluding carboxylic acids is 1. The second kappa shape index (κ2) is 6.38. The average Bonchev–Trinajstić information content (AvgIpc) is 2.14. The van der Waals surface area contributed by atoms with Crippen LogP contribution in [0.2, 0.25) is 0 Å². The van der Waals surface area contributed by atoms with Crippen molar-refractivity contribution < 1.29 is 17.9 Å². The van der Waals surface area contributed by atoms with Crippen molar-refractivity contribution in [3.8, 4) is 6.07 Å². The van der Waals surface area contributed by atoms with Crippen LogP contribution in [0.4, 0.5) is 0 Å². The summed E-state index contributed by atoms with van der Waals surface area (Å²) >= 11 is 0. The van der Waals surface area contributed by atoms with E-state index in [-0.39, 0.29) is 24.3 Å². The fourth-order valence-corrected chi connectivity index (χ4v) is 2.08. The lowest BCUT2D eigenvalue weighted by atomic mass is 10.4. The van der Waals surface area contributed by atoms with Gasteiger partial charge in [-0.3, -0.25) is 4.79 Å². The fourth-order valence-electron chi connectivity index (χ4n) is 0.814. The van der Waals surface area contributed by atoms with Gasteiger partial charge in [-0.2, -0.15) is 5.26 Å². The molecule has 0 radical (unpaired) electrons. The van der Waals surface area contributed by atoms with Crippen LogP contribution >= 0.6 is 0 Å². The summed E-state index contributed by atoms with van der Waals surface area (Å²) in [5.74, 6) is -0.781. The Morgan fingerprint density at radius 3 is 2.57 bits per heavy atom. The number of rotatable bonds is 6. The third-order valence-corrected chi connectivity index (χ3v) is 3.33. The van der Waals surface area contributed by atoms with Gasteiger partial charge in [-0.05, 0) is 6.42 Å². The van der Waals surface area contributed by atoms with Crippen molar-refractivity contribution in [2.75, 3.05) is 18.6 Å². The van der Waals surface area contributed by atoms with E-state index in [1.54, 1.807) is 0 Å². The molecule has 0 heterocycles. The summed E-state index contributed by atoms with van der Waals surface area (Å²) in [6, 6.07) is 1.86. The minimum Gasteiger partial charge on any atom is -0.469 e. The maximum absolute atomic E-state index is 11.2. The van der Waals surface area contributed by atoms with Gasteiger partial charge in [0.05, 0.1) is 31.1 Å². The van der Waals surface area contributed by atoms with Gasteiger partial charge in [0.1, 0.15) is 0 Å². The second-order valence-electron chi connectivity index (χ2n) is 2.74. The number of unbranched alkanes of at least 4 members (excludes halogenated alkanes) is 1. The van der Waals surface area contributed by atoms with E-state index in [0.717, 1.165) is 0 Å². The molecule has 0 rings (SSSR count). The van der Waals surface area contributed by atoms with Gasteiger partial charge in [0.25, 0.3) is 0 Å². The van der Waals surface area contributed by atoms with E-state index < -0.39 is 15.8 Å². The van der Waals surface area contributed by atoms with Gasteiger partial charge in [0.15, 0.2) is 9.84 Å². The summed E-state index contributed by atoms with van der Waals surface area (Å²) in [6.07, 6.45) is 0.419. The van der Waals surface area contributed by atoms with E-state index in [0.29, 0.717) is 6.42 Å². The number of esters is 1. The molecule has 0 aliphatic carbocycles. The van der Waals surface area contributed by atoms with Gasteiger partial charge in [-0.25, -0.2) is 8.42 Å². The zero-order valence-corrected chi connectivity index (χ0v) is 8.84. The fraction of sp³-hybridized carbons (Fsp3) is 0.750. The zero-order chi connectivity index (χ0) is 11.0. The Hall–Kier alpha value is -1.09. The van der Waals surface area contributed by atoms with Gasteiger partial charge < -0.3 is 4.74 Å². The maximum atomic E-state index is 11.2. The average molecular weight is 219 g/mol. The number of ether oxygens (including phenoxy) is 1. The predicted molar refractivity (Wildman–Crippen MR) is 50.1 cm³/mol. The molecular weight excluding hydrogens is 206 g/mol. The Kier molecular flexibility index (Phi) is 5.88. The molecule has 0 amide bonds. The molecule has 0 aromatic carbocycles. The number of hydrogen-bond donors (Lipinski definition) is 0. The molecule has 0 aromatic heterocycles. The van der Waals surface area contributed by atoms with Crippen LogP contribution in [-0.2, 0) is 19.4 Å². The van der Waals surface area contributed by atoms with Crippen LogP contribution in [-0.4, -0.2) is 33.0 Å². The predicted octanol–water partition coefficient (Wildman–Crippen LogP) is 0.268. The largest absolute Gasteiger partial charge is 0.469 e. The summed E-state index contributed by atoms with van der Waals surface area (Å²) in [5.41, 5.74) is 0. The van der Waals surface area contributed by atoms with Crippen molar-refractivity contribution in [2.24, 2.45) is 0 Å². The first-order valence-corrected chi connectivity index (χ1v) is 5.98. The van der Waals surface area contributed by atoms with Crippen LogP contribution in [0.1, 0.15) is 19.3 Å². The number of carbonyl (C=O) groups is 1.